The molecule has 11 aromatic rings. The number of thiophene rings is 1. The van der Waals surface area contributed by atoms with Crippen molar-refractivity contribution in [3.63, 3.8) is 0 Å². The van der Waals surface area contributed by atoms with E-state index in [0.717, 1.165) is 11.4 Å². The Labute approximate surface area is 317 Å². The SMILES string of the molecule is c1ccc(-c2ccc(N(c3ccc(-c4cc5ccc6ccccc6c5c5ccccc45)cc3)c3cccc4c3sc3c5ccccc5ccc43)cc2)cc1. The predicted molar refractivity (Wildman–Crippen MR) is 235 cm³/mol. The summed E-state index contributed by atoms with van der Waals surface area (Å²) in [5.41, 5.74) is 8.30. The maximum atomic E-state index is 2.43. The maximum absolute atomic E-state index is 2.43. The number of rotatable bonds is 5. The number of hydrogen-bond donors (Lipinski definition) is 0. The Bertz CT molecular complexity index is 3190. The number of fused-ring (bicyclic) bond motifs is 10. The van der Waals surface area contributed by atoms with Gasteiger partial charge in [0, 0.05) is 26.8 Å². The number of anilines is 3. The molecule has 1 aromatic heterocycles. The number of benzene rings is 10. The zero-order valence-electron chi connectivity index (χ0n) is 29.4. The van der Waals surface area contributed by atoms with Crippen LogP contribution in [0.2, 0.25) is 0 Å². The van der Waals surface area contributed by atoms with E-state index in [-0.39, 0.29) is 0 Å². The van der Waals surface area contributed by atoms with Gasteiger partial charge in [-0.05, 0) is 102 Å². The quantitative estimate of drug-likeness (QED) is 0.161. The third-order valence-electron chi connectivity index (χ3n) is 11.0. The molecule has 0 unspecified atom stereocenters. The molecule has 0 saturated heterocycles. The first-order valence-corrected chi connectivity index (χ1v) is 19.3. The topological polar surface area (TPSA) is 3.24 Å². The van der Waals surface area contributed by atoms with Crippen LogP contribution in [0.5, 0.6) is 0 Å². The van der Waals surface area contributed by atoms with Gasteiger partial charge in [0.15, 0.2) is 0 Å². The lowest BCUT2D eigenvalue weighted by atomic mass is 9.90. The zero-order chi connectivity index (χ0) is 35.6. The highest BCUT2D eigenvalue weighted by Gasteiger charge is 2.20. The van der Waals surface area contributed by atoms with Gasteiger partial charge in [-0.25, -0.2) is 0 Å². The zero-order valence-corrected chi connectivity index (χ0v) is 30.2. The third kappa shape index (κ3) is 4.92. The minimum absolute atomic E-state index is 1.12. The first kappa shape index (κ1) is 30.8. The molecule has 0 radical (unpaired) electrons. The Hall–Kier alpha value is -6.74. The molecule has 0 aliphatic rings. The molecule has 0 atom stereocenters. The van der Waals surface area contributed by atoms with Crippen molar-refractivity contribution in [2.24, 2.45) is 0 Å². The van der Waals surface area contributed by atoms with Crippen LogP contribution in [0.3, 0.4) is 0 Å². The molecular formula is C52H33NS. The average Bonchev–Trinajstić information content (AvgIpc) is 3.64. The fraction of sp³-hybridized carbons (Fsp3) is 0. The van der Waals surface area contributed by atoms with Crippen molar-refractivity contribution in [3.8, 4) is 22.3 Å². The van der Waals surface area contributed by atoms with Gasteiger partial charge in [-0.1, -0.05) is 164 Å². The van der Waals surface area contributed by atoms with Crippen molar-refractivity contribution >= 4 is 91.7 Å². The van der Waals surface area contributed by atoms with Crippen LogP contribution in [0.25, 0.3) is 85.5 Å². The van der Waals surface area contributed by atoms with Crippen molar-refractivity contribution < 1.29 is 0 Å². The normalized spacial score (nSPS) is 11.7. The van der Waals surface area contributed by atoms with E-state index in [0.29, 0.717) is 0 Å². The van der Waals surface area contributed by atoms with E-state index in [4.69, 9.17) is 0 Å². The van der Waals surface area contributed by atoms with Crippen molar-refractivity contribution in [1.82, 2.24) is 0 Å². The summed E-state index contributed by atoms with van der Waals surface area (Å²) < 4.78 is 2.62. The second kappa shape index (κ2) is 12.4. The van der Waals surface area contributed by atoms with Crippen LogP contribution in [-0.2, 0) is 0 Å². The maximum Gasteiger partial charge on any atom is 0.0640 e. The van der Waals surface area contributed by atoms with Gasteiger partial charge in [0.1, 0.15) is 0 Å². The van der Waals surface area contributed by atoms with Gasteiger partial charge < -0.3 is 4.90 Å². The van der Waals surface area contributed by atoms with Crippen molar-refractivity contribution in [2.75, 3.05) is 4.90 Å². The van der Waals surface area contributed by atoms with Gasteiger partial charge in [-0.2, -0.15) is 0 Å². The average molecular weight is 704 g/mol. The lowest BCUT2D eigenvalue weighted by Gasteiger charge is -2.26. The summed E-state index contributed by atoms with van der Waals surface area (Å²) in [6.07, 6.45) is 0. The minimum Gasteiger partial charge on any atom is -0.309 e. The Kier molecular flexibility index (Phi) is 7.11. The smallest absolute Gasteiger partial charge is 0.0640 e. The molecule has 0 saturated carbocycles. The lowest BCUT2D eigenvalue weighted by Crippen LogP contribution is -2.10. The van der Waals surface area contributed by atoms with Crippen LogP contribution in [0.15, 0.2) is 200 Å². The Morgan fingerprint density at radius 3 is 1.61 bits per heavy atom. The summed E-state index contributed by atoms with van der Waals surface area (Å²) in [6, 6.07) is 73.4. The van der Waals surface area contributed by atoms with E-state index < -0.39 is 0 Å². The second-order valence-corrected chi connectivity index (χ2v) is 15.1. The molecule has 54 heavy (non-hydrogen) atoms. The first-order valence-electron chi connectivity index (χ1n) is 18.5. The summed E-state index contributed by atoms with van der Waals surface area (Å²) in [7, 11) is 0. The summed E-state index contributed by atoms with van der Waals surface area (Å²) in [6.45, 7) is 0. The fourth-order valence-corrected chi connectivity index (χ4v) is 9.80. The standard InChI is InChI=1S/C52H33NS/c1-2-11-34(12-3-1)35-23-28-40(29-24-35)53(49-20-10-19-46-47-32-27-37-14-5-7-16-43(37)51(47)54-52(46)49)41-30-25-38(26-31-41)48-33-39-22-21-36-13-4-6-15-42(36)50(39)45-18-9-8-17-44(45)48/h1-33H. The molecule has 0 aliphatic carbocycles. The molecule has 252 valence electrons. The lowest BCUT2D eigenvalue weighted by molar-refractivity contribution is 1.30. The van der Waals surface area contributed by atoms with Gasteiger partial charge in [0.05, 0.1) is 10.4 Å². The van der Waals surface area contributed by atoms with Crippen LogP contribution in [0.4, 0.5) is 17.1 Å². The minimum atomic E-state index is 1.12. The molecule has 1 nitrogen and oxygen atoms in total. The molecule has 11 rings (SSSR count). The Morgan fingerprint density at radius 2 is 0.852 bits per heavy atom. The van der Waals surface area contributed by atoms with Gasteiger partial charge in [0.25, 0.3) is 0 Å². The molecule has 0 bridgehead atoms. The first-order chi connectivity index (χ1) is 26.8. The fourth-order valence-electron chi connectivity index (χ4n) is 8.46. The summed E-state index contributed by atoms with van der Waals surface area (Å²) in [5, 5.41) is 12.9. The predicted octanol–water partition coefficient (Wildman–Crippen LogP) is 15.5. The molecule has 10 aromatic carbocycles. The number of nitrogens with zero attached hydrogens (tertiary/aromatic N) is 1. The van der Waals surface area contributed by atoms with E-state index in [1.165, 1.54) is 91.2 Å². The van der Waals surface area contributed by atoms with Crippen LogP contribution in [-0.4, -0.2) is 0 Å². The van der Waals surface area contributed by atoms with Gasteiger partial charge >= 0.3 is 0 Å². The molecule has 0 spiro atoms. The molecule has 2 heteroatoms. The van der Waals surface area contributed by atoms with Crippen molar-refractivity contribution in [2.45, 2.75) is 0 Å². The number of hydrogen-bond acceptors (Lipinski definition) is 2. The molecule has 0 amide bonds. The summed E-state index contributed by atoms with van der Waals surface area (Å²) in [4.78, 5) is 2.43. The van der Waals surface area contributed by atoms with Crippen LogP contribution < -0.4 is 4.90 Å². The van der Waals surface area contributed by atoms with E-state index in [2.05, 4.69) is 205 Å². The van der Waals surface area contributed by atoms with Crippen LogP contribution in [0, 0.1) is 0 Å². The Morgan fingerprint density at radius 1 is 0.315 bits per heavy atom. The van der Waals surface area contributed by atoms with Gasteiger partial charge in [-0.3, -0.25) is 0 Å². The summed E-state index contributed by atoms with van der Waals surface area (Å²) in [5.74, 6) is 0. The monoisotopic (exact) mass is 703 g/mol. The van der Waals surface area contributed by atoms with Crippen LogP contribution in [0.1, 0.15) is 0 Å². The van der Waals surface area contributed by atoms with E-state index >= 15 is 0 Å². The highest BCUT2D eigenvalue weighted by atomic mass is 32.1. The van der Waals surface area contributed by atoms with Crippen molar-refractivity contribution in [1.29, 1.82) is 0 Å². The van der Waals surface area contributed by atoms with Crippen LogP contribution >= 0.6 is 11.3 Å². The largest absolute Gasteiger partial charge is 0.309 e. The van der Waals surface area contributed by atoms with E-state index in [1.54, 1.807) is 0 Å². The molecule has 0 aliphatic heterocycles. The van der Waals surface area contributed by atoms with Gasteiger partial charge in [-0.15, -0.1) is 11.3 Å². The second-order valence-electron chi connectivity index (χ2n) is 14.1. The highest BCUT2D eigenvalue weighted by molar-refractivity contribution is 7.27. The highest BCUT2D eigenvalue weighted by Crippen LogP contribution is 2.47. The van der Waals surface area contributed by atoms with Gasteiger partial charge in [0.2, 0.25) is 0 Å². The van der Waals surface area contributed by atoms with Crippen molar-refractivity contribution in [3.05, 3.63) is 200 Å². The summed E-state index contributed by atoms with van der Waals surface area (Å²) >= 11 is 1.90. The molecule has 1 heterocycles. The molecular weight excluding hydrogens is 671 g/mol. The third-order valence-corrected chi connectivity index (χ3v) is 12.3. The molecule has 0 fully saturated rings. The van der Waals surface area contributed by atoms with E-state index in [1.807, 2.05) is 11.3 Å². The van der Waals surface area contributed by atoms with E-state index in [9.17, 15) is 0 Å². The molecule has 0 N–H and O–H groups in total. The Balaban J connectivity index is 1.09.